The highest BCUT2D eigenvalue weighted by molar-refractivity contribution is 9.10. The minimum Gasteiger partial charge on any atom is -0.381 e. The molecule has 0 aliphatic carbocycles. The van der Waals surface area contributed by atoms with Gasteiger partial charge in [0.2, 0.25) is 0 Å². The van der Waals surface area contributed by atoms with Gasteiger partial charge in [0.25, 0.3) is 0 Å². The van der Waals surface area contributed by atoms with Crippen LogP contribution in [0.4, 0.5) is 0 Å². The van der Waals surface area contributed by atoms with Crippen molar-refractivity contribution in [3.63, 3.8) is 0 Å². The number of hydrogen-bond acceptors (Lipinski definition) is 2. The van der Waals surface area contributed by atoms with Crippen molar-refractivity contribution in [1.29, 1.82) is 0 Å². The summed E-state index contributed by atoms with van der Waals surface area (Å²) < 4.78 is 6.49. The Bertz CT molecular complexity index is 544. The monoisotopic (exact) mass is 294 g/mol. The lowest BCUT2D eigenvalue weighted by Crippen LogP contribution is -2.15. The fourth-order valence-electron chi connectivity index (χ4n) is 2.43. The molecule has 2 heterocycles. The Morgan fingerprint density at radius 3 is 2.88 bits per heavy atom. The zero-order valence-corrected chi connectivity index (χ0v) is 11.4. The van der Waals surface area contributed by atoms with Gasteiger partial charge in [-0.15, -0.1) is 0 Å². The van der Waals surface area contributed by atoms with Gasteiger partial charge in [0.15, 0.2) is 0 Å². The minimum atomic E-state index is 0.523. The highest BCUT2D eigenvalue weighted by Crippen LogP contribution is 2.28. The maximum absolute atomic E-state index is 5.39. The van der Waals surface area contributed by atoms with Gasteiger partial charge in [0.1, 0.15) is 5.82 Å². The van der Waals surface area contributed by atoms with Crippen molar-refractivity contribution in [1.82, 2.24) is 9.97 Å². The number of imidazole rings is 1. The van der Waals surface area contributed by atoms with Crippen molar-refractivity contribution >= 4 is 27.0 Å². The number of nitrogens with one attached hydrogen (secondary N) is 1. The van der Waals surface area contributed by atoms with Gasteiger partial charge in [-0.25, -0.2) is 4.98 Å². The predicted octanol–water partition coefficient (Wildman–Crippen LogP) is 3.53. The lowest BCUT2D eigenvalue weighted by molar-refractivity contribution is 0.0838. The first kappa shape index (κ1) is 11.2. The van der Waals surface area contributed by atoms with E-state index < -0.39 is 0 Å². The molecule has 1 saturated heterocycles. The van der Waals surface area contributed by atoms with Gasteiger partial charge in [0.05, 0.1) is 11.0 Å². The Morgan fingerprint density at radius 2 is 2.12 bits per heavy atom. The van der Waals surface area contributed by atoms with Gasteiger partial charge in [0, 0.05) is 23.6 Å². The number of ether oxygens (including phenoxy) is 1. The quantitative estimate of drug-likeness (QED) is 0.874. The third-order valence-corrected chi connectivity index (χ3v) is 3.83. The van der Waals surface area contributed by atoms with Crippen molar-refractivity contribution < 1.29 is 4.74 Å². The fraction of sp³-hybridized carbons (Fsp3) is 0.462. The summed E-state index contributed by atoms with van der Waals surface area (Å²) in [5.41, 5.74) is 3.43. The van der Waals surface area contributed by atoms with Gasteiger partial charge in [-0.3, -0.25) is 0 Å². The largest absolute Gasteiger partial charge is 0.381 e. The summed E-state index contributed by atoms with van der Waals surface area (Å²) in [6, 6.07) is 4.20. The molecule has 0 unspecified atom stereocenters. The van der Waals surface area contributed by atoms with E-state index in [-0.39, 0.29) is 0 Å². The summed E-state index contributed by atoms with van der Waals surface area (Å²) in [5, 5.41) is 0. The molecule has 90 valence electrons. The number of aryl methyl sites for hydroxylation is 1. The Labute approximate surface area is 109 Å². The van der Waals surface area contributed by atoms with Crippen LogP contribution in [0.5, 0.6) is 0 Å². The molecule has 1 N–H and O–H groups in total. The first-order valence-corrected chi connectivity index (χ1v) is 6.77. The molecule has 17 heavy (non-hydrogen) atoms. The van der Waals surface area contributed by atoms with E-state index in [0.717, 1.165) is 47.4 Å². The molecule has 4 heteroatoms. The molecule has 3 rings (SSSR count). The van der Waals surface area contributed by atoms with Crippen LogP contribution in [0.2, 0.25) is 0 Å². The number of aromatic amines is 1. The summed E-state index contributed by atoms with van der Waals surface area (Å²) >= 11 is 3.52. The zero-order chi connectivity index (χ0) is 11.8. The third kappa shape index (κ3) is 2.11. The van der Waals surface area contributed by atoms with Gasteiger partial charge < -0.3 is 9.72 Å². The maximum atomic E-state index is 5.39. The molecule has 1 aromatic carbocycles. The van der Waals surface area contributed by atoms with E-state index in [1.807, 2.05) is 0 Å². The van der Waals surface area contributed by atoms with Crippen LogP contribution >= 0.6 is 15.9 Å². The molecule has 0 atom stereocenters. The summed E-state index contributed by atoms with van der Waals surface area (Å²) in [7, 11) is 0. The van der Waals surface area contributed by atoms with Gasteiger partial charge >= 0.3 is 0 Å². The number of rotatable bonds is 1. The molecule has 0 bridgehead atoms. The van der Waals surface area contributed by atoms with Crippen LogP contribution in [-0.2, 0) is 4.74 Å². The Kier molecular flexibility index (Phi) is 2.92. The molecule has 3 nitrogen and oxygen atoms in total. The molecular formula is C13H15BrN2O. The Hall–Kier alpha value is -0.870. The average Bonchev–Trinajstić information content (AvgIpc) is 2.74. The summed E-state index contributed by atoms with van der Waals surface area (Å²) in [4.78, 5) is 8.20. The van der Waals surface area contributed by atoms with Crippen molar-refractivity contribution in [3.05, 3.63) is 28.0 Å². The molecule has 1 aliphatic heterocycles. The summed E-state index contributed by atoms with van der Waals surface area (Å²) in [6.07, 6.45) is 2.14. The highest BCUT2D eigenvalue weighted by Gasteiger charge is 2.19. The number of aromatic nitrogens is 2. The average molecular weight is 295 g/mol. The van der Waals surface area contributed by atoms with Gasteiger partial charge in [-0.2, -0.15) is 0 Å². The van der Waals surface area contributed by atoms with Crippen molar-refractivity contribution in [2.45, 2.75) is 25.7 Å². The number of fused-ring (bicyclic) bond motifs is 1. The lowest BCUT2D eigenvalue weighted by Gasteiger charge is -2.19. The van der Waals surface area contributed by atoms with E-state index in [0.29, 0.717) is 5.92 Å². The van der Waals surface area contributed by atoms with E-state index >= 15 is 0 Å². The molecule has 1 aliphatic rings. The second-order valence-electron chi connectivity index (χ2n) is 4.63. The molecule has 0 saturated carbocycles. The van der Waals surface area contributed by atoms with Crippen LogP contribution in [0.3, 0.4) is 0 Å². The van der Waals surface area contributed by atoms with E-state index in [1.54, 1.807) is 0 Å². The van der Waals surface area contributed by atoms with E-state index in [1.165, 1.54) is 5.56 Å². The van der Waals surface area contributed by atoms with Crippen LogP contribution in [0.15, 0.2) is 16.6 Å². The first-order valence-electron chi connectivity index (χ1n) is 5.97. The smallest absolute Gasteiger partial charge is 0.110 e. The van der Waals surface area contributed by atoms with Gasteiger partial charge in [-0.05, 0) is 37.5 Å². The number of nitrogens with zero attached hydrogens (tertiary/aromatic N) is 1. The number of benzene rings is 1. The SMILES string of the molecule is Cc1cc(Br)cc2[nH]c(C3CCOCC3)nc12. The molecule has 2 aromatic rings. The van der Waals surface area contributed by atoms with Crippen molar-refractivity contribution in [2.24, 2.45) is 0 Å². The second-order valence-corrected chi connectivity index (χ2v) is 5.54. The first-order chi connectivity index (χ1) is 8.24. The summed E-state index contributed by atoms with van der Waals surface area (Å²) in [5.74, 6) is 1.64. The number of hydrogen-bond donors (Lipinski definition) is 1. The van der Waals surface area contributed by atoms with Gasteiger partial charge in [-0.1, -0.05) is 15.9 Å². The van der Waals surface area contributed by atoms with E-state index in [4.69, 9.17) is 9.72 Å². The van der Waals surface area contributed by atoms with Crippen molar-refractivity contribution in [2.75, 3.05) is 13.2 Å². The molecule has 1 fully saturated rings. The highest BCUT2D eigenvalue weighted by atomic mass is 79.9. The maximum Gasteiger partial charge on any atom is 0.110 e. The molecule has 0 spiro atoms. The molecule has 0 amide bonds. The standard InChI is InChI=1S/C13H15BrN2O/c1-8-6-10(14)7-11-12(8)16-13(15-11)9-2-4-17-5-3-9/h6-7,9H,2-5H2,1H3,(H,15,16). The molecule has 1 aromatic heterocycles. The third-order valence-electron chi connectivity index (χ3n) is 3.37. The Balaban J connectivity index is 2.03. The van der Waals surface area contributed by atoms with Crippen LogP contribution in [0, 0.1) is 6.92 Å². The lowest BCUT2D eigenvalue weighted by atomic mass is 10.00. The van der Waals surface area contributed by atoms with E-state index in [9.17, 15) is 0 Å². The molecular weight excluding hydrogens is 280 g/mol. The Morgan fingerprint density at radius 1 is 1.35 bits per heavy atom. The number of H-pyrrole nitrogens is 1. The van der Waals surface area contributed by atoms with Crippen molar-refractivity contribution in [3.8, 4) is 0 Å². The zero-order valence-electron chi connectivity index (χ0n) is 9.79. The second kappa shape index (κ2) is 4.42. The fourth-order valence-corrected chi connectivity index (χ4v) is 3.00. The predicted molar refractivity (Wildman–Crippen MR) is 71.3 cm³/mol. The molecule has 0 radical (unpaired) electrons. The van der Waals surface area contributed by atoms with Crippen LogP contribution in [0.1, 0.15) is 30.1 Å². The normalized spacial score (nSPS) is 17.8. The topological polar surface area (TPSA) is 37.9 Å². The summed E-state index contributed by atoms with van der Waals surface area (Å²) in [6.45, 7) is 3.80. The van der Waals surface area contributed by atoms with E-state index in [2.05, 4.69) is 40.0 Å². The van der Waals surface area contributed by atoms with Crippen LogP contribution < -0.4 is 0 Å². The number of halogens is 1. The van der Waals surface area contributed by atoms with Crippen LogP contribution in [0.25, 0.3) is 11.0 Å². The van der Waals surface area contributed by atoms with Crippen LogP contribution in [-0.4, -0.2) is 23.2 Å². The minimum absolute atomic E-state index is 0.523.